The molecule has 0 aromatic heterocycles. The quantitative estimate of drug-likeness (QED) is 0.554. The van der Waals surface area contributed by atoms with Gasteiger partial charge >= 0.3 is 8.17 Å². The summed E-state index contributed by atoms with van der Waals surface area (Å²) in [5.74, 6) is 0.315. The summed E-state index contributed by atoms with van der Waals surface area (Å²) in [5.41, 5.74) is 0. The molecule has 4 nitrogen and oxygen atoms in total. The Labute approximate surface area is 113 Å². The van der Waals surface area contributed by atoms with Crippen LogP contribution in [0.4, 0.5) is 0 Å². The summed E-state index contributed by atoms with van der Waals surface area (Å²) >= 11 is 12.5. The molecule has 0 spiro atoms. The Morgan fingerprint density at radius 3 is 2.29 bits per heavy atom. The molecule has 0 radical (unpaired) electrons. The van der Waals surface area contributed by atoms with Gasteiger partial charge in [0.2, 0.25) is 0 Å². The van der Waals surface area contributed by atoms with E-state index in [4.69, 9.17) is 42.4 Å². The summed E-state index contributed by atoms with van der Waals surface area (Å²) in [7, 11) is -4.30. The van der Waals surface area contributed by atoms with Crippen LogP contribution in [0.1, 0.15) is 33.6 Å². The number of rotatable bonds is 3. The van der Waals surface area contributed by atoms with Crippen LogP contribution in [0.25, 0.3) is 0 Å². The smallest absolute Gasteiger partial charge is 0.168 e. The van der Waals surface area contributed by atoms with Gasteiger partial charge in [-0.1, -0.05) is 13.8 Å². The van der Waals surface area contributed by atoms with Gasteiger partial charge in [0.15, 0.2) is 0 Å². The largest absolute Gasteiger partial charge is 0.567 e. The summed E-state index contributed by atoms with van der Waals surface area (Å²) in [6, 6.07) is 0. The highest BCUT2D eigenvalue weighted by molar-refractivity contribution is 7.53. The van der Waals surface area contributed by atoms with Gasteiger partial charge in [-0.25, -0.2) is 0 Å². The van der Waals surface area contributed by atoms with E-state index in [1.807, 2.05) is 13.8 Å². The lowest BCUT2D eigenvalue weighted by molar-refractivity contribution is 0.0188. The van der Waals surface area contributed by atoms with Gasteiger partial charge in [-0.05, 0) is 31.6 Å². The lowest BCUT2D eigenvalue weighted by Crippen LogP contribution is -2.50. The minimum absolute atomic E-state index is 0.0511. The molecule has 0 bridgehead atoms. The summed E-state index contributed by atoms with van der Waals surface area (Å²) in [4.78, 5) is 26.5. The number of hydrogen-bond donors (Lipinski definition) is 3. The Morgan fingerprint density at radius 2 is 1.88 bits per heavy atom. The fraction of sp³-hybridized carbons (Fsp3) is 1.00. The first-order chi connectivity index (χ1) is 7.54. The molecular formula is C10H20Cl2O4P+. The van der Waals surface area contributed by atoms with Gasteiger partial charge < -0.3 is 0 Å². The monoisotopic (exact) mass is 305 g/mol. The van der Waals surface area contributed by atoms with Crippen molar-refractivity contribution in [1.29, 1.82) is 0 Å². The van der Waals surface area contributed by atoms with Gasteiger partial charge in [-0.15, -0.1) is 27.7 Å². The van der Waals surface area contributed by atoms with E-state index < -0.39 is 24.5 Å². The third kappa shape index (κ3) is 4.17. The molecule has 102 valence electrons. The first-order valence-corrected chi connectivity index (χ1v) is 8.01. The Kier molecular flexibility index (Phi) is 5.11. The van der Waals surface area contributed by atoms with E-state index in [1.54, 1.807) is 6.92 Å². The number of alkyl halides is 2. The summed E-state index contributed by atoms with van der Waals surface area (Å²) in [6.07, 6.45) is 0.867. The molecule has 3 N–H and O–H groups in total. The maximum absolute atomic E-state index is 9.06. The summed E-state index contributed by atoms with van der Waals surface area (Å²) in [6.45, 7) is 5.81. The third-order valence-electron chi connectivity index (χ3n) is 3.37. The van der Waals surface area contributed by atoms with Crippen LogP contribution in [-0.4, -0.2) is 31.0 Å². The molecule has 0 aromatic rings. The highest BCUT2D eigenvalue weighted by atomic mass is 35.5. The molecule has 0 saturated heterocycles. The van der Waals surface area contributed by atoms with Crippen molar-refractivity contribution in [2.24, 2.45) is 11.8 Å². The molecule has 1 aliphatic carbocycles. The zero-order valence-electron chi connectivity index (χ0n) is 10.2. The second-order valence-electron chi connectivity index (χ2n) is 5.21. The van der Waals surface area contributed by atoms with Crippen molar-refractivity contribution < 1.29 is 19.2 Å². The molecule has 1 fully saturated rings. The number of hydrogen-bond acceptors (Lipinski definition) is 4. The molecule has 17 heavy (non-hydrogen) atoms. The first kappa shape index (κ1) is 15.9. The van der Waals surface area contributed by atoms with E-state index in [-0.39, 0.29) is 11.8 Å². The van der Waals surface area contributed by atoms with Crippen molar-refractivity contribution in [2.45, 2.75) is 50.0 Å². The summed E-state index contributed by atoms with van der Waals surface area (Å²) in [5, 5.41) is -0.573. The highest BCUT2D eigenvalue weighted by Gasteiger charge is 2.52. The molecule has 0 aromatic carbocycles. The molecule has 7 heteroatoms. The predicted molar refractivity (Wildman–Crippen MR) is 69.9 cm³/mol. The van der Waals surface area contributed by atoms with Crippen LogP contribution in [0, 0.1) is 11.8 Å². The third-order valence-corrected chi connectivity index (χ3v) is 5.16. The number of halogens is 2. The first-order valence-electron chi connectivity index (χ1n) is 5.63. The predicted octanol–water partition coefficient (Wildman–Crippen LogP) is 2.70. The van der Waals surface area contributed by atoms with Crippen LogP contribution >= 0.6 is 31.4 Å². The highest BCUT2D eigenvalue weighted by Crippen LogP contribution is 2.53. The van der Waals surface area contributed by atoms with Gasteiger partial charge in [0.05, 0.1) is 10.3 Å². The zero-order valence-corrected chi connectivity index (χ0v) is 12.6. The second-order valence-corrected chi connectivity index (χ2v) is 7.78. The topological polar surface area (TPSA) is 69.9 Å². The Morgan fingerprint density at radius 1 is 1.35 bits per heavy atom. The van der Waals surface area contributed by atoms with E-state index in [9.17, 15) is 0 Å². The zero-order chi connectivity index (χ0) is 13.4. The van der Waals surface area contributed by atoms with Gasteiger partial charge in [0.1, 0.15) is 6.10 Å². The van der Waals surface area contributed by atoms with Crippen LogP contribution in [0.2, 0.25) is 0 Å². The van der Waals surface area contributed by atoms with Crippen LogP contribution in [0.5, 0.6) is 0 Å². The summed E-state index contributed by atoms with van der Waals surface area (Å²) < 4.78 is 4.96. The lowest BCUT2D eigenvalue weighted by Gasteiger charge is -2.43. The fourth-order valence-corrected chi connectivity index (χ4v) is 3.58. The average Bonchev–Trinajstić information content (AvgIpc) is 2.10. The molecule has 0 heterocycles. The van der Waals surface area contributed by atoms with Crippen molar-refractivity contribution in [3.63, 3.8) is 0 Å². The minimum Gasteiger partial charge on any atom is -0.168 e. The molecular weight excluding hydrogens is 286 g/mol. The average molecular weight is 306 g/mol. The molecule has 4 atom stereocenters. The molecule has 0 amide bonds. The Balaban J connectivity index is 2.89. The Hall–Kier alpha value is 0.850. The maximum atomic E-state index is 9.06. The molecule has 1 saturated carbocycles. The van der Waals surface area contributed by atoms with Gasteiger partial charge in [0, 0.05) is 0 Å². The van der Waals surface area contributed by atoms with E-state index in [0.717, 1.165) is 12.8 Å². The molecule has 1 aliphatic rings. The van der Waals surface area contributed by atoms with Crippen LogP contribution < -0.4 is 0 Å². The van der Waals surface area contributed by atoms with Crippen LogP contribution in [-0.2, 0) is 4.52 Å². The van der Waals surface area contributed by atoms with Crippen molar-refractivity contribution >= 4 is 31.4 Å². The van der Waals surface area contributed by atoms with E-state index >= 15 is 0 Å². The van der Waals surface area contributed by atoms with E-state index in [2.05, 4.69) is 0 Å². The standard InChI is InChI=1S/C10H20Cl2O4P/c1-6(2)7-4-5-10(3,12)9(11)8(7)16-17(13,14)15/h6-9,13-15H,4-5H2,1-3H3/q+1. The van der Waals surface area contributed by atoms with Gasteiger partial charge in [-0.2, -0.15) is 14.7 Å². The van der Waals surface area contributed by atoms with E-state index in [1.165, 1.54) is 0 Å². The Bertz CT molecular complexity index is 266. The van der Waals surface area contributed by atoms with E-state index in [0.29, 0.717) is 0 Å². The van der Waals surface area contributed by atoms with Crippen molar-refractivity contribution in [1.82, 2.24) is 0 Å². The fourth-order valence-electron chi connectivity index (χ4n) is 2.32. The second kappa shape index (κ2) is 5.46. The molecule has 1 rings (SSSR count). The van der Waals surface area contributed by atoms with Crippen molar-refractivity contribution in [2.75, 3.05) is 0 Å². The van der Waals surface area contributed by atoms with Gasteiger partial charge in [0.25, 0.3) is 0 Å². The minimum atomic E-state index is -4.30. The van der Waals surface area contributed by atoms with Gasteiger partial charge in [-0.3, -0.25) is 0 Å². The lowest BCUT2D eigenvalue weighted by atomic mass is 9.75. The molecule has 4 unspecified atom stereocenters. The van der Waals surface area contributed by atoms with Crippen LogP contribution in [0.15, 0.2) is 0 Å². The molecule has 0 aliphatic heterocycles. The van der Waals surface area contributed by atoms with Crippen molar-refractivity contribution in [3.8, 4) is 0 Å². The van der Waals surface area contributed by atoms with Crippen molar-refractivity contribution in [3.05, 3.63) is 0 Å². The maximum Gasteiger partial charge on any atom is 0.567 e. The SMILES string of the molecule is CC(C)C1CCC(C)(Cl)C(Cl)C1O[P+](O)(O)O. The normalized spacial score (nSPS) is 39.7. The van der Waals surface area contributed by atoms with Crippen LogP contribution in [0.3, 0.4) is 0 Å².